The number of rotatable bonds is 5. The molecule has 0 heterocycles. The summed E-state index contributed by atoms with van der Waals surface area (Å²) in [6.07, 6.45) is -0.581. The van der Waals surface area contributed by atoms with Crippen molar-refractivity contribution in [3.05, 3.63) is 28.8 Å². The van der Waals surface area contributed by atoms with Gasteiger partial charge >= 0.3 is 0 Å². The second-order valence-electron chi connectivity index (χ2n) is 5.38. The number of nitrogens with two attached hydrogens (primary N) is 1. The van der Waals surface area contributed by atoms with Gasteiger partial charge in [0, 0.05) is 17.1 Å². The molecule has 0 bridgehead atoms. The van der Waals surface area contributed by atoms with Gasteiger partial charge in [0.25, 0.3) is 5.91 Å². The monoisotopic (exact) mass is 284 g/mol. The molecule has 0 aliphatic carbocycles. The van der Waals surface area contributed by atoms with Gasteiger partial charge in [0.05, 0.1) is 0 Å². The molecule has 1 atom stereocenters. The zero-order chi connectivity index (χ0) is 14.6. The molecule has 1 aromatic carbocycles. The first kappa shape index (κ1) is 15.8. The van der Waals surface area contributed by atoms with E-state index in [-0.39, 0.29) is 5.91 Å². The fourth-order valence-corrected chi connectivity index (χ4v) is 1.52. The summed E-state index contributed by atoms with van der Waals surface area (Å²) in [6, 6.07) is 5.30. The first-order valence-corrected chi connectivity index (χ1v) is 6.56. The normalized spacial score (nSPS) is 12.9. The SMILES string of the molecule is Cc1cc(OC(C)C(=O)NCC(C)(C)N)ccc1Cl. The molecule has 1 unspecified atom stereocenters. The van der Waals surface area contributed by atoms with E-state index >= 15 is 0 Å². The second kappa shape index (κ2) is 6.26. The van der Waals surface area contributed by atoms with Gasteiger partial charge in [-0.05, 0) is 51.5 Å². The molecule has 1 amide bonds. The maximum Gasteiger partial charge on any atom is 0.260 e. The molecule has 1 rings (SSSR count). The second-order valence-corrected chi connectivity index (χ2v) is 5.78. The molecule has 5 heteroatoms. The van der Waals surface area contributed by atoms with E-state index in [1.165, 1.54) is 0 Å². The summed E-state index contributed by atoms with van der Waals surface area (Å²) in [6.45, 7) is 7.68. The number of halogens is 1. The molecule has 4 nitrogen and oxygen atoms in total. The molecule has 0 saturated carbocycles. The molecule has 0 radical (unpaired) electrons. The average Bonchev–Trinajstić information content (AvgIpc) is 2.29. The Labute approximate surface area is 119 Å². The van der Waals surface area contributed by atoms with Crippen molar-refractivity contribution in [1.29, 1.82) is 0 Å². The number of carbonyl (C=O) groups excluding carboxylic acids is 1. The van der Waals surface area contributed by atoms with Crippen LogP contribution in [0.4, 0.5) is 0 Å². The Hall–Kier alpha value is -1.26. The summed E-state index contributed by atoms with van der Waals surface area (Å²) in [5, 5.41) is 3.43. The summed E-state index contributed by atoms with van der Waals surface area (Å²) in [7, 11) is 0. The predicted molar refractivity (Wildman–Crippen MR) is 77.6 cm³/mol. The molecule has 0 aromatic heterocycles. The van der Waals surface area contributed by atoms with E-state index in [0.717, 1.165) is 5.56 Å². The van der Waals surface area contributed by atoms with Crippen LogP contribution >= 0.6 is 11.6 Å². The van der Waals surface area contributed by atoms with Gasteiger partial charge in [-0.25, -0.2) is 0 Å². The molecule has 0 saturated heterocycles. The van der Waals surface area contributed by atoms with E-state index < -0.39 is 11.6 Å². The van der Waals surface area contributed by atoms with E-state index in [1.54, 1.807) is 25.1 Å². The van der Waals surface area contributed by atoms with Gasteiger partial charge in [0.15, 0.2) is 6.10 Å². The molecule has 3 N–H and O–H groups in total. The first-order valence-electron chi connectivity index (χ1n) is 6.18. The Balaban J connectivity index is 2.56. The van der Waals surface area contributed by atoms with Gasteiger partial charge in [0.2, 0.25) is 0 Å². The lowest BCUT2D eigenvalue weighted by Gasteiger charge is -2.21. The Morgan fingerprint density at radius 1 is 1.53 bits per heavy atom. The summed E-state index contributed by atoms with van der Waals surface area (Å²) in [4.78, 5) is 11.8. The zero-order valence-electron chi connectivity index (χ0n) is 11.8. The minimum Gasteiger partial charge on any atom is -0.481 e. The molecular formula is C14H21ClN2O2. The van der Waals surface area contributed by atoms with Crippen LogP contribution in [0, 0.1) is 6.92 Å². The number of carbonyl (C=O) groups is 1. The third-order valence-corrected chi connectivity index (χ3v) is 2.95. The van der Waals surface area contributed by atoms with Crippen molar-refractivity contribution in [3.8, 4) is 5.75 Å². The highest BCUT2D eigenvalue weighted by atomic mass is 35.5. The van der Waals surface area contributed by atoms with Crippen molar-refractivity contribution >= 4 is 17.5 Å². The van der Waals surface area contributed by atoms with Crippen molar-refractivity contribution in [1.82, 2.24) is 5.32 Å². The maximum atomic E-state index is 11.8. The van der Waals surface area contributed by atoms with Gasteiger partial charge in [-0.15, -0.1) is 0 Å². The maximum absolute atomic E-state index is 11.8. The van der Waals surface area contributed by atoms with Crippen LogP contribution in [-0.2, 0) is 4.79 Å². The summed E-state index contributed by atoms with van der Waals surface area (Å²) in [5.41, 5.74) is 6.28. The highest BCUT2D eigenvalue weighted by Gasteiger charge is 2.18. The molecule has 0 fully saturated rings. The number of benzene rings is 1. The van der Waals surface area contributed by atoms with Gasteiger partial charge in [0.1, 0.15) is 5.75 Å². The number of amides is 1. The first-order chi connectivity index (χ1) is 8.69. The molecular weight excluding hydrogens is 264 g/mol. The zero-order valence-corrected chi connectivity index (χ0v) is 12.5. The smallest absolute Gasteiger partial charge is 0.260 e. The van der Waals surface area contributed by atoms with Gasteiger partial charge < -0.3 is 15.8 Å². The molecule has 1 aromatic rings. The van der Waals surface area contributed by atoms with Gasteiger partial charge in [-0.2, -0.15) is 0 Å². The van der Waals surface area contributed by atoms with E-state index in [4.69, 9.17) is 22.1 Å². The van der Waals surface area contributed by atoms with Crippen LogP contribution in [0.2, 0.25) is 5.02 Å². The van der Waals surface area contributed by atoms with E-state index in [1.807, 2.05) is 20.8 Å². The third-order valence-electron chi connectivity index (χ3n) is 2.53. The number of nitrogens with one attached hydrogen (secondary N) is 1. The van der Waals surface area contributed by atoms with E-state index in [9.17, 15) is 4.79 Å². The lowest BCUT2D eigenvalue weighted by Crippen LogP contribution is -2.48. The van der Waals surface area contributed by atoms with Crippen LogP contribution < -0.4 is 15.8 Å². The van der Waals surface area contributed by atoms with E-state index in [2.05, 4.69) is 5.32 Å². The molecule has 0 spiro atoms. The quantitative estimate of drug-likeness (QED) is 0.872. The minimum absolute atomic E-state index is 0.189. The van der Waals surface area contributed by atoms with Crippen molar-refractivity contribution < 1.29 is 9.53 Å². The summed E-state index contributed by atoms with van der Waals surface area (Å²) in [5.74, 6) is 0.433. The van der Waals surface area contributed by atoms with Crippen LogP contribution in [0.15, 0.2) is 18.2 Å². The summed E-state index contributed by atoms with van der Waals surface area (Å²) < 4.78 is 5.57. The molecule has 0 aliphatic rings. The fourth-order valence-electron chi connectivity index (χ4n) is 1.41. The van der Waals surface area contributed by atoms with Crippen LogP contribution in [0.1, 0.15) is 26.3 Å². The number of ether oxygens (including phenoxy) is 1. The minimum atomic E-state index is -0.581. The number of aryl methyl sites for hydroxylation is 1. The van der Waals surface area contributed by atoms with Gasteiger partial charge in [-0.1, -0.05) is 11.6 Å². The van der Waals surface area contributed by atoms with Crippen LogP contribution in [0.3, 0.4) is 0 Å². The highest BCUT2D eigenvalue weighted by molar-refractivity contribution is 6.31. The Bertz CT molecular complexity index is 455. The third kappa shape index (κ3) is 5.49. The fraction of sp³-hybridized carbons (Fsp3) is 0.500. The molecule has 0 aliphatic heterocycles. The Morgan fingerprint density at radius 3 is 2.68 bits per heavy atom. The standard InChI is InChI=1S/C14H21ClN2O2/c1-9-7-11(5-6-12(9)15)19-10(2)13(18)17-8-14(3,4)16/h5-7,10H,8,16H2,1-4H3,(H,17,18). The predicted octanol–water partition coefficient (Wildman–Crippen LogP) is 2.27. The van der Waals surface area contributed by atoms with Crippen molar-refractivity contribution in [2.75, 3.05) is 6.54 Å². The van der Waals surface area contributed by atoms with Crippen LogP contribution in [-0.4, -0.2) is 24.1 Å². The molecule has 19 heavy (non-hydrogen) atoms. The number of hydrogen-bond acceptors (Lipinski definition) is 3. The lowest BCUT2D eigenvalue weighted by molar-refractivity contribution is -0.127. The average molecular weight is 285 g/mol. The Kier molecular flexibility index (Phi) is 5.20. The topological polar surface area (TPSA) is 64.3 Å². The van der Waals surface area contributed by atoms with Crippen molar-refractivity contribution in [2.24, 2.45) is 5.73 Å². The van der Waals surface area contributed by atoms with Crippen LogP contribution in [0.5, 0.6) is 5.75 Å². The van der Waals surface area contributed by atoms with Crippen molar-refractivity contribution in [2.45, 2.75) is 39.3 Å². The molecule has 106 valence electrons. The Morgan fingerprint density at radius 2 is 2.16 bits per heavy atom. The van der Waals surface area contributed by atoms with Gasteiger partial charge in [-0.3, -0.25) is 4.79 Å². The largest absolute Gasteiger partial charge is 0.481 e. The lowest BCUT2D eigenvalue weighted by atomic mass is 10.1. The summed E-state index contributed by atoms with van der Waals surface area (Å²) >= 11 is 5.93. The van der Waals surface area contributed by atoms with Crippen molar-refractivity contribution in [3.63, 3.8) is 0 Å². The van der Waals surface area contributed by atoms with Crippen LogP contribution in [0.25, 0.3) is 0 Å². The highest BCUT2D eigenvalue weighted by Crippen LogP contribution is 2.21. The number of hydrogen-bond donors (Lipinski definition) is 2. The van der Waals surface area contributed by atoms with E-state index in [0.29, 0.717) is 17.3 Å².